The van der Waals surface area contributed by atoms with Crippen molar-refractivity contribution in [3.8, 4) is 0 Å². The van der Waals surface area contributed by atoms with E-state index in [-0.39, 0.29) is 16.5 Å². The maximum atomic E-state index is 13.5. The van der Waals surface area contributed by atoms with Crippen LogP contribution >= 0.6 is 0 Å². The van der Waals surface area contributed by atoms with E-state index in [0.29, 0.717) is 11.4 Å². The first kappa shape index (κ1) is 10.8. The number of nitrogens with two attached hydrogens (primary N) is 1. The fourth-order valence-corrected chi connectivity index (χ4v) is 1.61. The van der Waals surface area contributed by atoms with Crippen molar-refractivity contribution in [2.24, 2.45) is 5.73 Å². The number of fused-ring (bicyclic) bond motifs is 1. The summed E-state index contributed by atoms with van der Waals surface area (Å²) in [7, 11) is 0. The first-order valence-electron chi connectivity index (χ1n) is 4.95. The number of rotatable bonds is 1. The number of nitrogens with one attached hydrogen (secondary N) is 1. The highest BCUT2D eigenvalue weighted by molar-refractivity contribution is 5.81. The first-order chi connectivity index (χ1) is 7.50. The van der Waals surface area contributed by atoms with E-state index in [9.17, 15) is 9.18 Å². The standard InChI is InChI=1S/C11H12FN3O/c1-5-3-4-7(12)9-8(5)11(16)15-10(14-9)6(2)13/h3-4,6H,13H2,1-2H3,(H,14,15,16). The van der Waals surface area contributed by atoms with Gasteiger partial charge in [0.05, 0.1) is 11.4 Å². The van der Waals surface area contributed by atoms with Gasteiger partial charge >= 0.3 is 0 Å². The van der Waals surface area contributed by atoms with Gasteiger partial charge in [-0.25, -0.2) is 9.37 Å². The Morgan fingerprint density at radius 2 is 2.19 bits per heavy atom. The molecule has 4 nitrogen and oxygen atoms in total. The van der Waals surface area contributed by atoms with Crippen LogP contribution in [0.2, 0.25) is 0 Å². The highest BCUT2D eigenvalue weighted by Crippen LogP contribution is 2.17. The highest BCUT2D eigenvalue weighted by atomic mass is 19.1. The molecule has 1 aromatic heterocycles. The summed E-state index contributed by atoms with van der Waals surface area (Å²) in [6.45, 7) is 3.42. The molecule has 0 spiro atoms. The summed E-state index contributed by atoms with van der Waals surface area (Å²) in [6, 6.07) is 2.42. The molecule has 1 unspecified atom stereocenters. The minimum Gasteiger partial charge on any atom is -0.322 e. The Labute approximate surface area is 91.3 Å². The quantitative estimate of drug-likeness (QED) is 0.764. The lowest BCUT2D eigenvalue weighted by molar-refractivity contribution is 0.633. The minimum absolute atomic E-state index is 0.0797. The van der Waals surface area contributed by atoms with Crippen LogP contribution in [0.15, 0.2) is 16.9 Å². The Balaban J connectivity index is 2.92. The lowest BCUT2D eigenvalue weighted by Crippen LogP contribution is -2.18. The molecule has 1 atom stereocenters. The average molecular weight is 221 g/mol. The summed E-state index contributed by atoms with van der Waals surface area (Å²) < 4.78 is 13.5. The van der Waals surface area contributed by atoms with Crippen LogP contribution in [0.25, 0.3) is 10.9 Å². The van der Waals surface area contributed by atoms with Gasteiger partial charge in [0.25, 0.3) is 5.56 Å². The smallest absolute Gasteiger partial charge is 0.259 e. The Kier molecular flexibility index (Phi) is 2.47. The molecule has 3 N–H and O–H groups in total. The number of nitrogens with zero attached hydrogens (tertiary/aromatic N) is 1. The summed E-state index contributed by atoms with van der Waals surface area (Å²) in [5.74, 6) is -0.212. The summed E-state index contributed by atoms with van der Waals surface area (Å²) >= 11 is 0. The second-order valence-electron chi connectivity index (χ2n) is 3.83. The van der Waals surface area contributed by atoms with Crippen LogP contribution in [0.3, 0.4) is 0 Å². The van der Waals surface area contributed by atoms with Gasteiger partial charge < -0.3 is 10.7 Å². The Morgan fingerprint density at radius 1 is 1.50 bits per heavy atom. The maximum absolute atomic E-state index is 13.5. The molecule has 1 heterocycles. The minimum atomic E-state index is -0.506. The van der Waals surface area contributed by atoms with Crippen molar-refractivity contribution in [2.45, 2.75) is 19.9 Å². The van der Waals surface area contributed by atoms with E-state index in [1.54, 1.807) is 19.9 Å². The van der Waals surface area contributed by atoms with Crippen LogP contribution < -0.4 is 11.3 Å². The zero-order valence-corrected chi connectivity index (χ0v) is 9.04. The molecule has 0 saturated carbocycles. The molecular weight excluding hydrogens is 209 g/mol. The predicted octanol–water partition coefficient (Wildman–Crippen LogP) is 1.39. The van der Waals surface area contributed by atoms with Crippen LogP contribution in [0.4, 0.5) is 4.39 Å². The van der Waals surface area contributed by atoms with Crippen molar-refractivity contribution in [1.29, 1.82) is 0 Å². The molecule has 2 rings (SSSR count). The molecule has 2 aromatic rings. The van der Waals surface area contributed by atoms with E-state index in [0.717, 1.165) is 0 Å². The molecule has 84 valence electrons. The largest absolute Gasteiger partial charge is 0.322 e. The highest BCUT2D eigenvalue weighted by Gasteiger charge is 2.12. The number of aromatic nitrogens is 2. The summed E-state index contributed by atoms with van der Waals surface area (Å²) in [6.07, 6.45) is 0. The first-order valence-corrected chi connectivity index (χ1v) is 4.95. The van der Waals surface area contributed by atoms with Crippen LogP contribution in [-0.4, -0.2) is 9.97 Å². The molecule has 16 heavy (non-hydrogen) atoms. The summed E-state index contributed by atoms with van der Waals surface area (Å²) in [5, 5.41) is 0.282. The number of H-pyrrole nitrogens is 1. The van der Waals surface area contributed by atoms with Crippen molar-refractivity contribution in [1.82, 2.24) is 9.97 Å². The van der Waals surface area contributed by atoms with Gasteiger partial charge in [-0.3, -0.25) is 4.79 Å². The molecule has 0 saturated heterocycles. The van der Waals surface area contributed by atoms with Crippen LogP contribution in [0.5, 0.6) is 0 Å². The maximum Gasteiger partial charge on any atom is 0.259 e. The molecule has 0 aliphatic carbocycles. The van der Waals surface area contributed by atoms with Gasteiger partial charge in [-0.05, 0) is 25.5 Å². The molecule has 1 aromatic carbocycles. The lowest BCUT2D eigenvalue weighted by Gasteiger charge is -2.07. The fraction of sp³-hybridized carbons (Fsp3) is 0.273. The van der Waals surface area contributed by atoms with Gasteiger partial charge in [-0.15, -0.1) is 0 Å². The van der Waals surface area contributed by atoms with Crippen LogP contribution in [0.1, 0.15) is 24.4 Å². The molecule has 0 fully saturated rings. The van der Waals surface area contributed by atoms with E-state index >= 15 is 0 Å². The third-order valence-corrected chi connectivity index (χ3v) is 2.47. The molecule has 0 amide bonds. The summed E-state index contributed by atoms with van der Waals surface area (Å²) in [5.41, 5.74) is 6.03. The topological polar surface area (TPSA) is 71.8 Å². The third kappa shape index (κ3) is 1.59. The van der Waals surface area contributed by atoms with Gasteiger partial charge in [-0.2, -0.15) is 0 Å². The third-order valence-electron chi connectivity index (χ3n) is 2.47. The zero-order valence-electron chi connectivity index (χ0n) is 9.04. The monoisotopic (exact) mass is 221 g/mol. The second-order valence-corrected chi connectivity index (χ2v) is 3.83. The van der Waals surface area contributed by atoms with E-state index in [2.05, 4.69) is 9.97 Å². The normalized spacial score (nSPS) is 13.0. The van der Waals surface area contributed by atoms with E-state index in [4.69, 9.17) is 5.73 Å². The Bertz CT molecular complexity index is 604. The van der Waals surface area contributed by atoms with E-state index in [1.807, 2.05) is 0 Å². The summed E-state index contributed by atoms with van der Waals surface area (Å²) in [4.78, 5) is 18.4. The number of benzene rings is 1. The predicted molar refractivity (Wildman–Crippen MR) is 59.7 cm³/mol. The van der Waals surface area contributed by atoms with Crippen LogP contribution in [-0.2, 0) is 0 Å². The van der Waals surface area contributed by atoms with Gasteiger partial charge in [0.15, 0.2) is 0 Å². The second kappa shape index (κ2) is 3.68. The van der Waals surface area contributed by atoms with E-state index in [1.165, 1.54) is 6.07 Å². The number of hydrogen-bond acceptors (Lipinski definition) is 3. The number of aromatic amines is 1. The van der Waals surface area contributed by atoms with Crippen molar-refractivity contribution in [2.75, 3.05) is 0 Å². The molecule has 0 aliphatic rings. The van der Waals surface area contributed by atoms with Crippen molar-refractivity contribution in [3.05, 3.63) is 39.7 Å². The van der Waals surface area contributed by atoms with Gasteiger partial charge in [-0.1, -0.05) is 6.07 Å². The average Bonchev–Trinajstić information content (AvgIpc) is 2.22. The number of hydrogen-bond donors (Lipinski definition) is 2. The van der Waals surface area contributed by atoms with Crippen molar-refractivity contribution >= 4 is 10.9 Å². The number of aryl methyl sites for hydroxylation is 1. The molecule has 5 heteroatoms. The Morgan fingerprint density at radius 3 is 2.81 bits per heavy atom. The Hall–Kier alpha value is -1.75. The zero-order chi connectivity index (χ0) is 11.9. The van der Waals surface area contributed by atoms with Crippen LogP contribution in [0, 0.1) is 12.7 Å². The van der Waals surface area contributed by atoms with Crippen molar-refractivity contribution < 1.29 is 4.39 Å². The lowest BCUT2D eigenvalue weighted by atomic mass is 10.1. The van der Waals surface area contributed by atoms with E-state index < -0.39 is 11.9 Å². The molecular formula is C11H12FN3O. The molecule has 0 radical (unpaired) electrons. The van der Waals surface area contributed by atoms with Gasteiger partial charge in [0.2, 0.25) is 0 Å². The number of halogens is 1. The van der Waals surface area contributed by atoms with Gasteiger partial charge in [0.1, 0.15) is 17.2 Å². The fourth-order valence-electron chi connectivity index (χ4n) is 1.61. The molecule has 0 aliphatic heterocycles. The molecule has 0 bridgehead atoms. The van der Waals surface area contributed by atoms with Crippen molar-refractivity contribution in [3.63, 3.8) is 0 Å². The SMILES string of the molecule is Cc1ccc(F)c2nc(C(C)N)[nH]c(=O)c12. The van der Waals surface area contributed by atoms with Gasteiger partial charge in [0, 0.05) is 0 Å².